The Morgan fingerprint density at radius 3 is 1.65 bits per heavy atom. The van der Waals surface area contributed by atoms with Gasteiger partial charge in [-0.3, -0.25) is 28.8 Å². The van der Waals surface area contributed by atoms with Gasteiger partial charge in [0.05, 0.1) is 12.1 Å². The lowest BCUT2D eigenvalue weighted by molar-refractivity contribution is -0.141. The minimum atomic E-state index is -0.683. The van der Waals surface area contributed by atoms with E-state index in [1.165, 1.54) is 13.8 Å². The molecule has 194 valence electrons. The molecule has 0 aromatic heterocycles. The second kappa shape index (κ2) is 17.8. The topological polar surface area (TPSA) is 139 Å². The first-order valence-electron chi connectivity index (χ1n) is 12.0. The van der Waals surface area contributed by atoms with E-state index in [0.717, 1.165) is 11.3 Å². The molecule has 0 aliphatic heterocycles. The number of ketones is 3. The molecule has 0 saturated heterocycles. The Balaban J connectivity index is 5.06. The van der Waals surface area contributed by atoms with Crippen LogP contribution in [0.2, 0.25) is 0 Å². The van der Waals surface area contributed by atoms with Crippen molar-refractivity contribution >= 4 is 35.1 Å². The molecule has 0 rings (SSSR count). The zero-order chi connectivity index (χ0) is 26.1. The first-order chi connectivity index (χ1) is 16.0. The van der Waals surface area contributed by atoms with Crippen molar-refractivity contribution in [3.8, 4) is 0 Å². The summed E-state index contributed by atoms with van der Waals surface area (Å²) < 4.78 is 5.34. The van der Waals surface area contributed by atoms with Gasteiger partial charge in [0, 0.05) is 32.5 Å². The summed E-state index contributed by atoms with van der Waals surface area (Å²) in [5.41, 5.74) is 0. The fourth-order valence-corrected chi connectivity index (χ4v) is 3.19. The number of Topliss-reactive ketones (excluding diaryl/α,β-unsaturated/α-hetero) is 3. The van der Waals surface area contributed by atoms with Gasteiger partial charge in [0.1, 0.15) is 18.9 Å². The average Bonchev–Trinajstić information content (AvgIpc) is 2.78. The molecule has 0 heterocycles. The van der Waals surface area contributed by atoms with Crippen molar-refractivity contribution in [1.82, 2.24) is 15.5 Å². The van der Waals surface area contributed by atoms with Gasteiger partial charge in [-0.15, -0.1) is 0 Å². The molecular formula is C24H41N3O7. The Kier molecular flexibility index (Phi) is 16.4. The van der Waals surface area contributed by atoms with Crippen LogP contribution in [0.4, 0.5) is 0 Å². The Bertz CT molecular complexity index is 671. The summed E-state index contributed by atoms with van der Waals surface area (Å²) in [4.78, 5) is 74.0. The highest BCUT2D eigenvalue weighted by Gasteiger charge is 2.24. The highest BCUT2D eigenvalue weighted by atomic mass is 16.5. The molecule has 2 unspecified atom stereocenters. The first kappa shape index (κ1) is 31.4. The minimum absolute atomic E-state index is 0.0115. The SMILES string of the molecule is CCCOCCCC(=O)CCC(=O)N(CC(=O)NC(CC)C(C)=O)CC(=O)NC(CC)C(C)=O. The maximum atomic E-state index is 12.8. The zero-order valence-electron chi connectivity index (χ0n) is 21.2. The summed E-state index contributed by atoms with van der Waals surface area (Å²) in [7, 11) is 0. The highest BCUT2D eigenvalue weighted by Crippen LogP contribution is 2.05. The van der Waals surface area contributed by atoms with Crippen molar-refractivity contribution in [2.75, 3.05) is 26.3 Å². The molecule has 2 N–H and O–H groups in total. The van der Waals surface area contributed by atoms with Gasteiger partial charge in [0.2, 0.25) is 17.7 Å². The third kappa shape index (κ3) is 13.8. The quantitative estimate of drug-likeness (QED) is 0.264. The van der Waals surface area contributed by atoms with Gasteiger partial charge in [-0.2, -0.15) is 0 Å². The number of nitrogens with one attached hydrogen (secondary N) is 2. The summed E-state index contributed by atoms with van der Waals surface area (Å²) in [5.74, 6) is -2.23. The second-order valence-electron chi connectivity index (χ2n) is 8.28. The van der Waals surface area contributed by atoms with E-state index in [9.17, 15) is 28.8 Å². The van der Waals surface area contributed by atoms with Crippen LogP contribution in [0.25, 0.3) is 0 Å². The van der Waals surface area contributed by atoms with Crippen molar-refractivity contribution in [3.63, 3.8) is 0 Å². The third-order valence-electron chi connectivity index (χ3n) is 5.20. The summed E-state index contributed by atoms with van der Waals surface area (Å²) >= 11 is 0. The molecule has 0 saturated carbocycles. The molecule has 0 fully saturated rings. The summed E-state index contributed by atoms with van der Waals surface area (Å²) in [6, 6.07) is -1.37. The van der Waals surface area contributed by atoms with E-state index in [1.54, 1.807) is 13.8 Å². The number of ether oxygens (including phenoxy) is 1. The second-order valence-corrected chi connectivity index (χ2v) is 8.28. The lowest BCUT2D eigenvalue weighted by atomic mass is 10.1. The monoisotopic (exact) mass is 483 g/mol. The van der Waals surface area contributed by atoms with Crippen LogP contribution in [0.15, 0.2) is 0 Å². The van der Waals surface area contributed by atoms with E-state index in [1.807, 2.05) is 6.92 Å². The van der Waals surface area contributed by atoms with Crippen molar-refractivity contribution in [2.45, 2.75) is 91.6 Å². The Morgan fingerprint density at radius 1 is 0.735 bits per heavy atom. The van der Waals surface area contributed by atoms with Gasteiger partial charge >= 0.3 is 0 Å². The smallest absolute Gasteiger partial charge is 0.240 e. The fourth-order valence-electron chi connectivity index (χ4n) is 3.19. The van der Waals surface area contributed by atoms with Gasteiger partial charge in [-0.1, -0.05) is 20.8 Å². The van der Waals surface area contributed by atoms with Crippen molar-refractivity contribution in [2.24, 2.45) is 0 Å². The fraction of sp³-hybridized carbons (Fsp3) is 0.750. The number of amides is 3. The molecule has 0 aliphatic rings. The molecule has 10 nitrogen and oxygen atoms in total. The molecule has 0 aliphatic carbocycles. The molecule has 0 aromatic rings. The number of hydrogen-bond donors (Lipinski definition) is 2. The number of carbonyl (C=O) groups excluding carboxylic acids is 6. The molecule has 3 amide bonds. The molecular weight excluding hydrogens is 442 g/mol. The number of rotatable bonds is 19. The molecule has 0 radical (unpaired) electrons. The van der Waals surface area contributed by atoms with Crippen LogP contribution >= 0.6 is 0 Å². The predicted octanol–water partition coefficient (Wildman–Crippen LogP) is 1.34. The normalized spacial score (nSPS) is 12.4. The van der Waals surface area contributed by atoms with Crippen molar-refractivity contribution in [3.05, 3.63) is 0 Å². The molecule has 0 aromatic carbocycles. The first-order valence-corrected chi connectivity index (χ1v) is 12.0. The Hall–Kier alpha value is -2.62. The summed E-state index contributed by atoms with van der Waals surface area (Å²) in [5, 5.41) is 5.11. The van der Waals surface area contributed by atoms with E-state index < -0.39 is 42.9 Å². The maximum Gasteiger partial charge on any atom is 0.240 e. The van der Waals surface area contributed by atoms with Crippen LogP contribution in [-0.2, 0) is 33.5 Å². The van der Waals surface area contributed by atoms with Crippen LogP contribution in [-0.4, -0.2) is 78.4 Å². The van der Waals surface area contributed by atoms with Gasteiger partial charge in [-0.05, 0) is 39.5 Å². The summed E-state index contributed by atoms with van der Waals surface area (Å²) in [6.07, 6.45) is 2.37. The molecule has 10 heteroatoms. The molecule has 34 heavy (non-hydrogen) atoms. The van der Waals surface area contributed by atoms with Crippen LogP contribution in [0.5, 0.6) is 0 Å². The van der Waals surface area contributed by atoms with E-state index in [0.29, 0.717) is 32.5 Å². The van der Waals surface area contributed by atoms with Crippen LogP contribution < -0.4 is 10.6 Å². The van der Waals surface area contributed by atoms with Crippen LogP contribution in [0.3, 0.4) is 0 Å². The lowest BCUT2D eigenvalue weighted by Crippen LogP contribution is -2.50. The van der Waals surface area contributed by atoms with Gasteiger partial charge in [0.15, 0.2) is 11.6 Å². The number of hydrogen-bond acceptors (Lipinski definition) is 7. The summed E-state index contributed by atoms with van der Waals surface area (Å²) in [6.45, 7) is 8.43. The third-order valence-corrected chi connectivity index (χ3v) is 5.20. The van der Waals surface area contributed by atoms with E-state index in [-0.39, 0.29) is 36.6 Å². The lowest BCUT2D eigenvalue weighted by Gasteiger charge is -2.24. The molecule has 0 bridgehead atoms. The van der Waals surface area contributed by atoms with Gasteiger partial charge in [0.25, 0.3) is 0 Å². The van der Waals surface area contributed by atoms with E-state index in [2.05, 4.69) is 10.6 Å². The zero-order valence-corrected chi connectivity index (χ0v) is 21.2. The minimum Gasteiger partial charge on any atom is -0.381 e. The number of carbonyl (C=O) groups is 6. The van der Waals surface area contributed by atoms with Crippen LogP contribution in [0, 0.1) is 0 Å². The van der Waals surface area contributed by atoms with E-state index >= 15 is 0 Å². The van der Waals surface area contributed by atoms with Crippen LogP contribution in [0.1, 0.15) is 79.6 Å². The van der Waals surface area contributed by atoms with E-state index in [4.69, 9.17) is 4.74 Å². The Morgan fingerprint density at radius 2 is 1.24 bits per heavy atom. The van der Waals surface area contributed by atoms with Crippen molar-refractivity contribution in [1.29, 1.82) is 0 Å². The number of nitrogens with zero attached hydrogens (tertiary/aromatic N) is 1. The van der Waals surface area contributed by atoms with Gasteiger partial charge in [-0.25, -0.2) is 0 Å². The average molecular weight is 484 g/mol. The highest BCUT2D eigenvalue weighted by molar-refractivity contribution is 5.94. The molecule has 0 spiro atoms. The Labute approximate surface area is 202 Å². The van der Waals surface area contributed by atoms with Gasteiger partial charge < -0.3 is 20.3 Å². The van der Waals surface area contributed by atoms with Crippen molar-refractivity contribution < 1.29 is 33.5 Å². The standard InChI is InChI=1S/C24H41N3O7/c1-6-13-34-14-9-10-19(30)11-12-24(33)27(15-22(31)25-20(7-2)17(4)28)16-23(32)26-21(8-3)18(5)29/h20-21H,6-16H2,1-5H3,(H,25,31)(H,26,32). The largest absolute Gasteiger partial charge is 0.381 e. The predicted molar refractivity (Wildman–Crippen MR) is 127 cm³/mol. The molecule has 2 atom stereocenters. The maximum absolute atomic E-state index is 12.8.